The largest absolute Gasteiger partial charge is 0.488 e. The van der Waals surface area contributed by atoms with Gasteiger partial charge in [0.05, 0.1) is 20.7 Å². The highest BCUT2D eigenvalue weighted by atomic mass is 79.9. The smallest absolute Gasteiger partial charge is 0.275 e. The van der Waals surface area contributed by atoms with Crippen molar-refractivity contribution in [3.63, 3.8) is 0 Å². The molecule has 0 aliphatic rings. The molecule has 7 heteroatoms. The fourth-order valence-electron chi connectivity index (χ4n) is 3.26. The third-order valence-electron chi connectivity index (χ3n) is 5.00. The van der Waals surface area contributed by atoms with Crippen LogP contribution in [0.3, 0.4) is 0 Å². The molecule has 0 aliphatic heterocycles. The molecule has 1 N–H and O–H groups in total. The van der Waals surface area contributed by atoms with E-state index in [-0.39, 0.29) is 5.91 Å². The van der Waals surface area contributed by atoms with Crippen LogP contribution in [0.4, 0.5) is 0 Å². The highest BCUT2D eigenvalue weighted by Gasteiger charge is 2.12. The predicted molar refractivity (Wildman–Crippen MR) is 145 cm³/mol. The number of halogens is 2. The van der Waals surface area contributed by atoms with Gasteiger partial charge in [-0.1, -0.05) is 72.8 Å². The summed E-state index contributed by atoms with van der Waals surface area (Å²) >= 11 is 7.11. The van der Waals surface area contributed by atoms with Crippen molar-refractivity contribution in [2.45, 2.75) is 13.2 Å². The molecule has 4 rings (SSSR count). The zero-order valence-electron chi connectivity index (χ0n) is 18.7. The number of hydrogen-bond acceptors (Lipinski definition) is 4. The molecule has 0 heterocycles. The number of rotatable bonds is 9. The van der Waals surface area contributed by atoms with E-state index in [0.29, 0.717) is 30.3 Å². The molecule has 0 saturated carbocycles. The van der Waals surface area contributed by atoms with Gasteiger partial charge in [0, 0.05) is 0 Å². The molecule has 0 unspecified atom stereocenters. The lowest BCUT2D eigenvalue weighted by Gasteiger charge is -2.11. The van der Waals surface area contributed by atoms with Crippen LogP contribution in [0.5, 0.6) is 11.5 Å². The zero-order chi connectivity index (χ0) is 24.5. The summed E-state index contributed by atoms with van der Waals surface area (Å²) in [5.74, 6) is 0.833. The average Bonchev–Trinajstić information content (AvgIpc) is 2.88. The Hall–Kier alpha value is -3.42. The number of para-hydroxylation sites is 1. The minimum absolute atomic E-state index is 0.356. The zero-order valence-corrected chi connectivity index (χ0v) is 21.8. The lowest BCUT2D eigenvalue weighted by atomic mass is 10.2. The first-order valence-corrected chi connectivity index (χ1v) is 12.4. The molecule has 176 valence electrons. The Morgan fingerprint density at radius 1 is 0.771 bits per heavy atom. The normalized spacial score (nSPS) is 10.8. The van der Waals surface area contributed by atoms with Gasteiger partial charge in [0.15, 0.2) is 0 Å². The second kappa shape index (κ2) is 12.3. The van der Waals surface area contributed by atoms with Crippen molar-refractivity contribution in [1.82, 2.24) is 5.43 Å². The minimum Gasteiger partial charge on any atom is -0.488 e. The number of ether oxygens (including phenoxy) is 2. The Morgan fingerprint density at radius 2 is 1.31 bits per heavy atom. The summed E-state index contributed by atoms with van der Waals surface area (Å²) in [6, 6.07) is 30.6. The van der Waals surface area contributed by atoms with Gasteiger partial charge in [-0.25, -0.2) is 5.43 Å². The number of carbonyl (C=O) groups excluding carboxylic acids is 1. The standard InChI is InChI=1S/C28H22Br2N2O3/c29-24-15-22(16-25(30)27(24)35-19-21-11-5-2-6-12-21)17-31-32-28(33)23-13-7-8-14-26(23)34-18-20-9-3-1-4-10-20/h1-17H,18-19H2,(H,32,33)/b31-17+. The molecule has 0 bridgehead atoms. The highest BCUT2D eigenvalue weighted by molar-refractivity contribution is 9.11. The van der Waals surface area contributed by atoms with E-state index >= 15 is 0 Å². The van der Waals surface area contributed by atoms with Crippen molar-refractivity contribution in [1.29, 1.82) is 0 Å². The van der Waals surface area contributed by atoms with E-state index in [1.54, 1.807) is 24.4 Å². The first kappa shape index (κ1) is 24.7. The Balaban J connectivity index is 1.38. The van der Waals surface area contributed by atoms with Crippen LogP contribution < -0.4 is 14.9 Å². The summed E-state index contributed by atoms with van der Waals surface area (Å²) in [6.07, 6.45) is 1.57. The van der Waals surface area contributed by atoms with Crippen LogP contribution in [0.1, 0.15) is 27.0 Å². The molecular formula is C28H22Br2N2O3. The lowest BCUT2D eigenvalue weighted by Crippen LogP contribution is -2.18. The molecule has 0 spiro atoms. The van der Waals surface area contributed by atoms with E-state index in [1.807, 2.05) is 78.9 Å². The molecule has 4 aromatic rings. The summed E-state index contributed by atoms with van der Waals surface area (Å²) in [5.41, 5.74) is 5.86. The van der Waals surface area contributed by atoms with Gasteiger partial charge in [-0.3, -0.25) is 4.79 Å². The molecular weight excluding hydrogens is 572 g/mol. The van der Waals surface area contributed by atoms with Crippen molar-refractivity contribution >= 4 is 44.0 Å². The van der Waals surface area contributed by atoms with Gasteiger partial charge in [0.1, 0.15) is 24.7 Å². The van der Waals surface area contributed by atoms with Crippen molar-refractivity contribution < 1.29 is 14.3 Å². The SMILES string of the molecule is O=C(N/N=C/c1cc(Br)c(OCc2ccccc2)c(Br)c1)c1ccccc1OCc1ccccc1. The average molecular weight is 594 g/mol. The first-order chi connectivity index (χ1) is 17.1. The van der Waals surface area contributed by atoms with Gasteiger partial charge < -0.3 is 9.47 Å². The molecule has 0 aliphatic carbocycles. The third-order valence-corrected chi connectivity index (χ3v) is 6.17. The molecule has 0 saturated heterocycles. The van der Waals surface area contributed by atoms with E-state index in [0.717, 1.165) is 25.6 Å². The van der Waals surface area contributed by atoms with Crippen molar-refractivity contribution in [2.24, 2.45) is 5.10 Å². The summed E-state index contributed by atoms with van der Waals surface area (Å²) in [6.45, 7) is 0.822. The van der Waals surface area contributed by atoms with E-state index in [1.165, 1.54) is 0 Å². The minimum atomic E-state index is -0.356. The Morgan fingerprint density at radius 3 is 1.94 bits per heavy atom. The lowest BCUT2D eigenvalue weighted by molar-refractivity contribution is 0.0950. The number of hydrazone groups is 1. The number of amides is 1. The molecule has 0 fully saturated rings. The van der Waals surface area contributed by atoms with Crippen LogP contribution >= 0.6 is 31.9 Å². The molecule has 1 amide bonds. The summed E-state index contributed by atoms with van der Waals surface area (Å²) in [7, 11) is 0. The van der Waals surface area contributed by atoms with Crippen LogP contribution in [0.2, 0.25) is 0 Å². The second-order valence-corrected chi connectivity index (χ2v) is 9.27. The van der Waals surface area contributed by atoms with Crippen LogP contribution in [0, 0.1) is 0 Å². The van der Waals surface area contributed by atoms with E-state index in [2.05, 4.69) is 42.4 Å². The molecule has 5 nitrogen and oxygen atoms in total. The third kappa shape index (κ3) is 7.04. The number of hydrogen-bond donors (Lipinski definition) is 1. The number of benzene rings is 4. The number of nitrogens with one attached hydrogen (secondary N) is 1. The van der Waals surface area contributed by atoms with Gasteiger partial charge in [0.2, 0.25) is 0 Å². The quantitative estimate of drug-likeness (QED) is 0.166. The predicted octanol–water partition coefficient (Wildman–Crippen LogP) is 7.13. The topological polar surface area (TPSA) is 59.9 Å². The molecule has 0 atom stereocenters. The van der Waals surface area contributed by atoms with Crippen LogP contribution in [-0.4, -0.2) is 12.1 Å². The summed E-state index contributed by atoms with van der Waals surface area (Å²) in [5, 5.41) is 4.12. The summed E-state index contributed by atoms with van der Waals surface area (Å²) in [4.78, 5) is 12.7. The molecule has 4 aromatic carbocycles. The highest BCUT2D eigenvalue weighted by Crippen LogP contribution is 2.35. The van der Waals surface area contributed by atoms with E-state index < -0.39 is 0 Å². The maximum atomic E-state index is 12.7. The van der Waals surface area contributed by atoms with Gasteiger partial charge in [0.25, 0.3) is 5.91 Å². The first-order valence-electron chi connectivity index (χ1n) is 10.8. The monoisotopic (exact) mass is 592 g/mol. The maximum absolute atomic E-state index is 12.7. The van der Waals surface area contributed by atoms with Crippen LogP contribution in [-0.2, 0) is 13.2 Å². The van der Waals surface area contributed by atoms with Crippen molar-refractivity contribution in [3.8, 4) is 11.5 Å². The van der Waals surface area contributed by atoms with Gasteiger partial charge >= 0.3 is 0 Å². The van der Waals surface area contributed by atoms with Gasteiger partial charge in [-0.15, -0.1) is 0 Å². The summed E-state index contributed by atoms with van der Waals surface area (Å²) < 4.78 is 13.4. The second-order valence-electron chi connectivity index (χ2n) is 7.56. The van der Waals surface area contributed by atoms with Crippen LogP contribution in [0.15, 0.2) is 111 Å². The van der Waals surface area contributed by atoms with Crippen LogP contribution in [0.25, 0.3) is 0 Å². The van der Waals surface area contributed by atoms with E-state index in [9.17, 15) is 4.79 Å². The Bertz CT molecular complexity index is 1290. The number of nitrogens with zero attached hydrogens (tertiary/aromatic N) is 1. The Kier molecular flexibility index (Phi) is 8.70. The molecule has 0 radical (unpaired) electrons. The van der Waals surface area contributed by atoms with Gasteiger partial charge in [-0.05, 0) is 72.8 Å². The maximum Gasteiger partial charge on any atom is 0.275 e. The van der Waals surface area contributed by atoms with Gasteiger partial charge in [-0.2, -0.15) is 5.10 Å². The van der Waals surface area contributed by atoms with Crippen molar-refractivity contribution in [2.75, 3.05) is 0 Å². The molecule has 0 aromatic heterocycles. The van der Waals surface area contributed by atoms with E-state index in [4.69, 9.17) is 9.47 Å². The fraction of sp³-hybridized carbons (Fsp3) is 0.0714. The van der Waals surface area contributed by atoms with Crippen molar-refractivity contribution in [3.05, 3.63) is 128 Å². The fourth-order valence-corrected chi connectivity index (χ4v) is 4.71. The Labute approximate surface area is 221 Å². The molecule has 35 heavy (non-hydrogen) atoms. The number of carbonyl (C=O) groups is 1.